The van der Waals surface area contributed by atoms with E-state index >= 15 is 0 Å². The van der Waals surface area contributed by atoms with E-state index in [0.717, 1.165) is 48.8 Å². The van der Waals surface area contributed by atoms with E-state index in [0.29, 0.717) is 25.5 Å². The number of carbonyl (C=O) groups excluding carboxylic acids is 1. The quantitative estimate of drug-likeness (QED) is 0.280. The third-order valence-corrected chi connectivity index (χ3v) is 4.92. The summed E-state index contributed by atoms with van der Waals surface area (Å²) in [5, 5.41) is 6.10. The van der Waals surface area contributed by atoms with E-state index in [1.165, 1.54) is 0 Å². The molecule has 0 aliphatic carbocycles. The second-order valence-electron chi connectivity index (χ2n) is 6.85. The van der Waals surface area contributed by atoms with Crippen molar-refractivity contribution in [3.8, 4) is 5.75 Å². The molecule has 0 aromatic heterocycles. The maximum absolute atomic E-state index is 11.5. The number of piperidine rings is 1. The molecule has 0 atom stereocenters. The summed E-state index contributed by atoms with van der Waals surface area (Å²) in [5.74, 6) is 2.49. The van der Waals surface area contributed by atoms with Crippen LogP contribution in [-0.4, -0.2) is 57.1 Å². The van der Waals surface area contributed by atoms with Gasteiger partial charge in [-0.25, -0.2) is 0 Å². The molecular formula is C20H33IN4O2. The van der Waals surface area contributed by atoms with Gasteiger partial charge in [-0.3, -0.25) is 9.79 Å². The minimum atomic E-state index is 0. The molecule has 0 radical (unpaired) electrons. The van der Waals surface area contributed by atoms with Crippen LogP contribution in [0.15, 0.2) is 23.2 Å². The van der Waals surface area contributed by atoms with Crippen molar-refractivity contribution in [2.45, 2.75) is 33.1 Å². The summed E-state index contributed by atoms with van der Waals surface area (Å²) in [7, 11) is 3.51. The first-order valence-corrected chi connectivity index (χ1v) is 9.40. The van der Waals surface area contributed by atoms with E-state index in [-0.39, 0.29) is 29.9 Å². The van der Waals surface area contributed by atoms with Crippen molar-refractivity contribution in [1.82, 2.24) is 15.5 Å². The third kappa shape index (κ3) is 7.20. The zero-order valence-corrected chi connectivity index (χ0v) is 19.2. The van der Waals surface area contributed by atoms with E-state index in [4.69, 9.17) is 4.74 Å². The van der Waals surface area contributed by atoms with Gasteiger partial charge in [-0.2, -0.15) is 0 Å². The highest BCUT2D eigenvalue weighted by molar-refractivity contribution is 14.0. The lowest BCUT2D eigenvalue weighted by molar-refractivity contribution is -0.121. The van der Waals surface area contributed by atoms with Crippen LogP contribution < -0.4 is 15.4 Å². The molecule has 152 valence electrons. The minimum Gasteiger partial charge on any atom is -0.491 e. The standard InChI is InChI=1S/C20H32N4O2.HI/c1-15-6-5-7-16(2)19(15)26-13-10-23-20(22-4)24-11-8-17(9-12-24)14-18(25)21-3;/h5-7,17H,8-14H2,1-4H3,(H,21,25)(H,22,23);1H. The second kappa shape index (κ2) is 12.0. The van der Waals surface area contributed by atoms with Crippen LogP contribution in [0.3, 0.4) is 0 Å². The summed E-state index contributed by atoms with van der Waals surface area (Å²) in [4.78, 5) is 18.2. The van der Waals surface area contributed by atoms with Crippen molar-refractivity contribution in [3.05, 3.63) is 29.3 Å². The molecule has 27 heavy (non-hydrogen) atoms. The number of nitrogens with one attached hydrogen (secondary N) is 2. The summed E-state index contributed by atoms with van der Waals surface area (Å²) < 4.78 is 5.94. The van der Waals surface area contributed by atoms with Gasteiger partial charge in [-0.05, 0) is 43.7 Å². The normalized spacial score (nSPS) is 15.1. The Bertz CT molecular complexity index is 608. The lowest BCUT2D eigenvalue weighted by Crippen LogP contribution is -2.46. The van der Waals surface area contributed by atoms with Gasteiger partial charge in [0.05, 0.1) is 6.54 Å². The number of halogens is 1. The second-order valence-corrected chi connectivity index (χ2v) is 6.85. The fourth-order valence-electron chi connectivity index (χ4n) is 3.39. The van der Waals surface area contributed by atoms with Crippen LogP contribution in [0.25, 0.3) is 0 Å². The Morgan fingerprint density at radius 2 is 1.89 bits per heavy atom. The summed E-state index contributed by atoms with van der Waals surface area (Å²) in [6.45, 7) is 7.30. The molecule has 2 rings (SSSR count). The van der Waals surface area contributed by atoms with Crippen molar-refractivity contribution in [3.63, 3.8) is 0 Å². The maximum Gasteiger partial charge on any atom is 0.220 e. The first-order valence-electron chi connectivity index (χ1n) is 9.40. The van der Waals surface area contributed by atoms with E-state index in [9.17, 15) is 4.79 Å². The van der Waals surface area contributed by atoms with Crippen LogP contribution in [0, 0.1) is 19.8 Å². The summed E-state index contributed by atoms with van der Waals surface area (Å²) in [6, 6.07) is 6.18. The number of hydrogen-bond acceptors (Lipinski definition) is 3. The van der Waals surface area contributed by atoms with Crippen LogP contribution >= 0.6 is 24.0 Å². The zero-order chi connectivity index (χ0) is 18.9. The number of amides is 1. The predicted molar refractivity (Wildman–Crippen MR) is 121 cm³/mol. The number of aliphatic imine (C=N–C) groups is 1. The monoisotopic (exact) mass is 488 g/mol. The number of likely N-dealkylation sites (tertiary alicyclic amines) is 1. The van der Waals surface area contributed by atoms with Gasteiger partial charge < -0.3 is 20.3 Å². The minimum absolute atomic E-state index is 0. The third-order valence-electron chi connectivity index (χ3n) is 4.92. The zero-order valence-electron chi connectivity index (χ0n) is 16.9. The Labute approximate surface area is 180 Å². The van der Waals surface area contributed by atoms with Gasteiger partial charge in [0.2, 0.25) is 5.91 Å². The van der Waals surface area contributed by atoms with Crippen LogP contribution in [-0.2, 0) is 4.79 Å². The van der Waals surface area contributed by atoms with Crippen molar-refractivity contribution in [1.29, 1.82) is 0 Å². The van der Waals surface area contributed by atoms with Crippen molar-refractivity contribution in [2.24, 2.45) is 10.9 Å². The van der Waals surface area contributed by atoms with E-state index in [1.54, 1.807) is 7.05 Å². The number of ether oxygens (including phenoxy) is 1. The van der Waals surface area contributed by atoms with Gasteiger partial charge in [0.15, 0.2) is 5.96 Å². The average Bonchev–Trinajstić information content (AvgIpc) is 2.64. The molecule has 1 saturated heterocycles. The number of guanidine groups is 1. The average molecular weight is 488 g/mol. The van der Waals surface area contributed by atoms with Gasteiger partial charge in [-0.15, -0.1) is 24.0 Å². The van der Waals surface area contributed by atoms with Gasteiger partial charge in [0.1, 0.15) is 12.4 Å². The Morgan fingerprint density at radius 3 is 2.44 bits per heavy atom. The molecule has 6 nitrogen and oxygen atoms in total. The highest BCUT2D eigenvalue weighted by Crippen LogP contribution is 2.22. The number of para-hydroxylation sites is 1. The number of nitrogens with zero attached hydrogens (tertiary/aromatic N) is 2. The lowest BCUT2D eigenvalue weighted by atomic mass is 9.93. The van der Waals surface area contributed by atoms with E-state index in [2.05, 4.69) is 46.5 Å². The molecule has 1 aromatic rings. The molecule has 1 aliphatic heterocycles. The molecule has 0 saturated carbocycles. The van der Waals surface area contributed by atoms with Gasteiger partial charge in [0.25, 0.3) is 0 Å². The Kier molecular flexibility index (Phi) is 10.5. The van der Waals surface area contributed by atoms with E-state index in [1.807, 2.05) is 13.1 Å². The SMILES string of the molecule is CN=C(NCCOc1c(C)cccc1C)N1CCC(CC(=O)NC)CC1.I. The molecule has 1 aromatic carbocycles. The molecule has 1 heterocycles. The fraction of sp³-hybridized carbons (Fsp3) is 0.600. The Balaban J connectivity index is 0.00000364. The van der Waals surface area contributed by atoms with Crippen molar-refractivity contribution < 1.29 is 9.53 Å². The molecule has 0 spiro atoms. The van der Waals surface area contributed by atoms with Crippen molar-refractivity contribution >= 4 is 35.8 Å². The van der Waals surface area contributed by atoms with Crippen LogP contribution in [0.4, 0.5) is 0 Å². The smallest absolute Gasteiger partial charge is 0.220 e. The molecule has 0 bridgehead atoms. The number of rotatable bonds is 6. The van der Waals surface area contributed by atoms with Crippen LogP contribution in [0.1, 0.15) is 30.4 Å². The summed E-state index contributed by atoms with van der Waals surface area (Å²) >= 11 is 0. The molecule has 7 heteroatoms. The van der Waals surface area contributed by atoms with Crippen LogP contribution in [0.2, 0.25) is 0 Å². The number of carbonyl (C=O) groups is 1. The molecule has 2 N–H and O–H groups in total. The maximum atomic E-state index is 11.5. The van der Waals surface area contributed by atoms with Gasteiger partial charge in [0, 0.05) is 33.6 Å². The first kappa shape index (κ1) is 23.5. The number of aryl methyl sites for hydroxylation is 2. The van der Waals surface area contributed by atoms with Crippen molar-refractivity contribution in [2.75, 3.05) is 40.3 Å². The molecule has 0 unspecified atom stereocenters. The fourth-order valence-corrected chi connectivity index (χ4v) is 3.39. The molecule has 1 aliphatic rings. The van der Waals surface area contributed by atoms with E-state index < -0.39 is 0 Å². The Morgan fingerprint density at radius 1 is 1.26 bits per heavy atom. The predicted octanol–water partition coefficient (Wildman–Crippen LogP) is 2.72. The lowest BCUT2D eigenvalue weighted by Gasteiger charge is -2.34. The highest BCUT2D eigenvalue weighted by Gasteiger charge is 2.22. The Hall–Kier alpha value is -1.51. The number of benzene rings is 1. The summed E-state index contributed by atoms with van der Waals surface area (Å²) in [5.41, 5.74) is 2.32. The molecule has 1 amide bonds. The molecular weight excluding hydrogens is 455 g/mol. The summed E-state index contributed by atoms with van der Waals surface area (Å²) in [6.07, 6.45) is 2.67. The number of hydrogen-bond donors (Lipinski definition) is 2. The largest absolute Gasteiger partial charge is 0.491 e. The van der Waals surface area contributed by atoms with Crippen LogP contribution in [0.5, 0.6) is 5.75 Å². The van der Waals surface area contributed by atoms with Gasteiger partial charge in [-0.1, -0.05) is 18.2 Å². The highest BCUT2D eigenvalue weighted by atomic mass is 127. The topological polar surface area (TPSA) is 66.0 Å². The van der Waals surface area contributed by atoms with Gasteiger partial charge >= 0.3 is 0 Å². The first-order chi connectivity index (χ1) is 12.5. The molecule has 1 fully saturated rings.